The third-order valence-corrected chi connectivity index (χ3v) is 3.57. The first kappa shape index (κ1) is 17.8. The molecule has 0 radical (unpaired) electrons. The summed E-state index contributed by atoms with van der Waals surface area (Å²) >= 11 is 0. The van der Waals surface area contributed by atoms with E-state index in [0.29, 0.717) is 16.9 Å². The fourth-order valence-electron chi connectivity index (χ4n) is 2.37. The normalized spacial score (nSPS) is 10.3. The summed E-state index contributed by atoms with van der Waals surface area (Å²) in [5.41, 5.74) is 1.77. The van der Waals surface area contributed by atoms with Gasteiger partial charge in [0.05, 0.1) is 32.2 Å². The van der Waals surface area contributed by atoms with E-state index in [0.717, 1.165) is 0 Å². The number of carbonyl (C=O) groups excluding carboxylic acids is 2. The van der Waals surface area contributed by atoms with Crippen LogP contribution in [0.5, 0.6) is 5.88 Å². The summed E-state index contributed by atoms with van der Waals surface area (Å²) < 4.78 is 11.3. The van der Waals surface area contributed by atoms with Crippen molar-refractivity contribution in [2.24, 2.45) is 0 Å². The van der Waals surface area contributed by atoms with Gasteiger partial charge in [-0.25, -0.2) is 19.3 Å². The Morgan fingerprint density at radius 2 is 2.15 bits per heavy atom. The highest BCUT2D eigenvalue weighted by molar-refractivity contribution is 5.93. The van der Waals surface area contributed by atoms with E-state index >= 15 is 0 Å². The summed E-state index contributed by atoms with van der Waals surface area (Å²) in [5.74, 6) is -0.601. The number of anilines is 1. The molecule has 3 rings (SSSR count). The highest BCUT2D eigenvalue weighted by atomic mass is 16.5. The summed E-state index contributed by atoms with van der Waals surface area (Å²) in [4.78, 5) is 31.7. The molecule has 0 aliphatic rings. The number of aromatic nitrogens is 4. The number of esters is 1. The first-order valence-electron chi connectivity index (χ1n) is 7.71. The van der Waals surface area contributed by atoms with Gasteiger partial charge >= 0.3 is 5.97 Å². The highest BCUT2D eigenvalue weighted by Gasteiger charge is 2.16. The van der Waals surface area contributed by atoms with Crippen LogP contribution >= 0.6 is 0 Å². The van der Waals surface area contributed by atoms with Crippen molar-refractivity contribution >= 4 is 23.3 Å². The Bertz CT molecular complexity index is 1070. The number of hydrogen-bond donors (Lipinski definition) is 1. The minimum atomic E-state index is -0.576. The number of methoxy groups -OCH3 is 2. The number of nitrogens with zero attached hydrogens (tertiary/aromatic N) is 5. The lowest BCUT2D eigenvalue weighted by atomic mass is 10.1. The van der Waals surface area contributed by atoms with Gasteiger partial charge in [0.25, 0.3) is 0 Å². The van der Waals surface area contributed by atoms with Crippen molar-refractivity contribution in [3.8, 4) is 23.2 Å². The number of fused-ring (bicyclic) bond motifs is 1. The molecule has 1 N–H and O–H groups in total. The number of hydrogen-bond acceptors (Lipinski definition) is 8. The van der Waals surface area contributed by atoms with Gasteiger partial charge in [-0.05, 0) is 18.2 Å². The summed E-state index contributed by atoms with van der Waals surface area (Å²) in [7, 11) is 2.68. The lowest BCUT2D eigenvalue weighted by Gasteiger charge is -2.08. The number of amides is 1. The Kier molecular flexibility index (Phi) is 4.94. The molecule has 0 fully saturated rings. The second-order valence-electron chi connectivity index (χ2n) is 5.30. The van der Waals surface area contributed by atoms with Gasteiger partial charge in [-0.15, -0.1) is 0 Å². The van der Waals surface area contributed by atoms with E-state index in [1.165, 1.54) is 31.1 Å². The SMILES string of the molecule is COC(=O)c1cc(-c2ccc3nc(NC(=O)CC#N)cn3n2)cnc1OC. The summed E-state index contributed by atoms with van der Waals surface area (Å²) in [5, 5.41) is 15.5. The van der Waals surface area contributed by atoms with Crippen molar-refractivity contribution in [1.29, 1.82) is 5.26 Å². The molecular formula is C17H14N6O4. The molecule has 0 atom stereocenters. The van der Waals surface area contributed by atoms with Crippen LogP contribution in [0, 0.1) is 11.3 Å². The Morgan fingerprint density at radius 3 is 2.85 bits per heavy atom. The molecule has 0 aromatic carbocycles. The number of ether oxygens (including phenoxy) is 2. The van der Waals surface area contributed by atoms with Crippen LogP contribution in [-0.4, -0.2) is 45.7 Å². The molecule has 3 aromatic rings. The second-order valence-corrected chi connectivity index (χ2v) is 5.30. The summed E-state index contributed by atoms with van der Waals surface area (Å²) in [6, 6.07) is 6.73. The Hall–Kier alpha value is -4.00. The van der Waals surface area contributed by atoms with E-state index in [1.54, 1.807) is 24.3 Å². The predicted octanol–water partition coefficient (Wildman–Crippen LogP) is 1.44. The monoisotopic (exact) mass is 366 g/mol. The molecule has 0 aliphatic heterocycles. The molecule has 3 aromatic heterocycles. The summed E-state index contributed by atoms with van der Waals surface area (Å²) in [6.45, 7) is 0. The fraction of sp³-hybridized carbons (Fsp3) is 0.176. The van der Waals surface area contributed by atoms with E-state index < -0.39 is 11.9 Å². The van der Waals surface area contributed by atoms with Crippen LogP contribution in [0.4, 0.5) is 5.82 Å². The Balaban J connectivity index is 1.96. The molecule has 0 spiro atoms. The van der Waals surface area contributed by atoms with Gasteiger partial charge in [0.1, 0.15) is 12.0 Å². The first-order valence-corrected chi connectivity index (χ1v) is 7.71. The largest absolute Gasteiger partial charge is 0.480 e. The van der Waals surface area contributed by atoms with Crippen molar-refractivity contribution < 1.29 is 19.1 Å². The zero-order valence-electron chi connectivity index (χ0n) is 14.5. The van der Waals surface area contributed by atoms with Crippen LogP contribution < -0.4 is 10.1 Å². The van der Waals surface area contributed by atoms with E-state index in [4.69, 9.17) is 14.7 Å². The van der Waals surface area contributed by atoms with Gasteiger partial charge in [0, 0.05) is 11.8 Å². The summed E-state index contributed by atoms with van der Waals surface area (Å²) in [6.07, 6.45) is 2.78. The van der Waals surface area contributed by atoms with Crippen LogP contribution in [0.1, 0.15) is 16.8 Å². The van der Waals surface area contributed by atoms with Gasteiger partial charge < -0.3 is 14.8 Å². The average Bonchev–Trinajstić information content (AvgIpc) is 3.08. The molecule has 10 nitrogen and oxygen atoms in total. The molecule has 0 saturated carbocycles. The van der Waals surface area contributed by atoms with Gasteiger partial charge in [0.15, 0.2) is 11.5 Å². The number of nitrogens with one attached hydrogen (secondary N) is 1. The van der Waals surface area contributed by atoms with Gasteiger partial charge in [-0.1, -0.05) is 0 Å². The molecule has 0 saturated heterocycles. The molecule has 0 bridgehead atoms. The third kappa shape index (κ3) is 3.67. The zero-order chi connectivity index (χ0) is 19.4. The third-order valence-electron chi connectivity index (χ3n) is 3.57. The van der Waals surface area contributed by atoms with Gasteiger partial charge in [-0.2, -0.15) is 10.4 Å². The van der Waals surface area contributed by atoms with E-state index in [2.05, 4.69) is 20.4 Å². The molecule has 10 heteroatoms. The van der Waals surface area contributed by atoms with E-state index in [-0.39, 0.29) is 23.7 Å². The number of pyridine rings is 1. The molecule has 0 unspecified atom stereocenters. The van der Waals surface area contributed by atoms with Crippen molar-refractivity contribution in [1.82, 2.24) is 19.6 Å². The predicted molar refractivity (Wildman–Crippen MR) is 93.0 cm³/mol. The van der Waals surface area contributed by atoms with Crippen LogP contribution in [0.15, 0.2) is 30.6 Å². The molecule has 3 heterocycles. The number of imidazole rings is 1. The maximum absolute atomic E-state index is 11.9. The number of carbonyl (C=O) groups is 2. The fourth-order valence-corrected chi connectivity index (χ4v) is 2.37. The van der Waals surface area contributed by atoms with E-state index in [9.17, 15) is 9.59 Å². The van der Waals surface area contributed by atoms with Crippen molar-refractivity contribution in [2.75, 3.05) is 19.5 Å². The molecule has 1 amide bonds. The van der Waals surface area contributed by atoms with Crippen LogP contribution in [0.3, 0.4) is 0 Å². The first-order chi connectivity index (χ1) is 13.0. The molecule has 0 aliphatic carbocycles. The molecule has 27 heavy (non-hydrogen) atoms. The minimum Gasteiger partial charge on any atom is -0.480 e. The standard InChI is InChI=1S/C17H14N6O4/c1-26-16-11(17(25)27-2)7-10(8-19-16)12-3-4-14-20-13(9-23(14)22-12)21-15(24)5-6-18/h3-4,7-9H,5H2,1-2H3,(H,21,24). The lowest BCUT2D eigenvalue weighted by molar-refractivity contribution is -0.115. The lowest BCUT2D eigenvalue weighted by Crippen LogP contribution is -2.10. The molecule has 136 valence electrons. The van der Waals surface area contributed by atoms with Crippen LogP contribution in [0.2, 0.25) is 0 Å². The second kappa shape index (κ2) is 7.49. The smallest absolute Gasteiger partial charge is 0.343 e. The van der Waals surface area contributed by atoms with Crippen LogP contribution in [-0.2, 0) is 9.53 Å². The maximum atomic E-state index is 11.9. The van der Waals surface area contributed by atoms with Gasteiger partial charge in [-0.3, -0.25) is 4.79 Å². The minimum absolute atomic E-state index is 0.150. The van der Waals surface area contributed by atoms with Crippen molar-refractivity contribution in [2.45, 2.75) is 6.42 Å². The Morgan fingerprint density at radius 1 is 1.33 bits per heavy atom. The maximum Gasteiger partial charge on any atom is 0.343 e. The van der Waals surface area contributed by atoms with Crippen molar-refractivity contribution in [3.63, 3.8) is 0 Å². The zero-order valence-corrected chi connectivity index (χ0v) is 14.5. The Labute approximate surface area is 153 Å². The quantitative estimate of drug-likeness (QED) is 0.671. The topological polar surface area (TPSA) is 131 Å². The van der Waals surface area contributed by atoms with Gasteiger partial charge in [0.2, 0.25) is 11.8 Å². The average molecular weight is 366 g/mol. The van der Waals surface area contributed by atoms with Crippen molar-refractivity contribution in [3.05, 3.63) is 36.2 Å². The van der Waals surface area contributed by atoms with Crippen LogP contribution in [0.25, 0.3) is 16.9 Å². The van der Waals surface area contributed by atoms with E-state index in [1.807, 2.05) is 0 Å². The number of rotatable bonds is 5. The molecular weight excluding hydrogens is 352 g/mol. The highest BCUT2D eigenvalue weighted by Crippen LogP contribution is 2.24. The number of nitriles is 1.